The molecule has 0 spiro atoms. The van der Waals surface area contributed by atoms with Gasteiger partial charge in [-0.2, -0.15) is 0 Å². The third-order valence-electron chi connectivity index (χ3n) is 3.92. The lowest BCUT2D eigenvalue weighted by Gasteiger charge is -2.08. The zero-order chi connectivity index (χ0) is 19.4. The molecule has 7 nitrogen and oxygen atoms in total. The number of hydrogen-bond acceptors (Lipinski definition) is 4. The van der Waals surface area contributed by atoms with Crippen molar-refractivity contribution < 1.29 is 14.7 Å². The van der Waals surface area contributed by atoms with Crippen LogP contribution in [0.25, 0.3) is 11.3 Å². The van der Waals surface area contributed by atoms with Crippen molar-refractivity contribution in [2.45, 2.75) is 13.3 Å². The Bertz CT molecular complexity index is 1060. The first kappa shape index (κ1) is 18.1. The van der Waals surface area contributed by atoms with Crippen LogP contribution in [0.5, 0.6) is 0 Å². The number of aryl methyl sites for hydroxylation is 1. The van der Waals surface area contributed by atoms with E-state index in [-0.39, 0.29) is 23.5 Å². The zero-order valence-corrected chi connectivity index (χ0v) is 14.5. The highest BCUT2D eigenvalue weighted by Gasteiger charge is 2.12. The van der Waals surface area contributed by atoms with Crippen LogP contribution in [0.4, 0.5) is 5.69 Å². The Morgan fingerprint density at radius 2 is 1.81 bits per heavy atom. The molecule has 0 radical (unpaired) electrons. The van der Waals surface area contributed by atoms with E-state index in [1.54, 1.807) is 49.4 Å². The van der Waals surface area contributed by atoms with Crippen molar-refractivity contribution in [1.29, 1.82) is 0 Å². The monoisotopic (exact) mass is 363 g/mol. The summed E-state index contributed by atoms with van der Waals surface area (Å²) in [5, 5.41) is 11.9. The van der Waals surface area contributed by atoms with E-state index >= 15 is 0 Å². The predicted molar refractivity (Wildman–Crippen MR) is 101 cm³/mol. The van der Waals surface area contributed by atoms with Crippen LogP contribution in [0.15, 0.2) is 59.4 Å². The number of aromatic nitrogens is 2. The molecule has 7 heteroatoms. The number of amides is 1. The third kappa shape index (κ3) is 4.46. The maximum Gasteiger partial charge on any atom is 0.335 e. The van der Waals surface area contributed by atoms with Crippen LogP contribution in [-0.2, 0) is 11.2 Å². The number of nitrogens with one attached hydrogen (secondary N) is 2. The van der Waals surface area contributed by atoms with E-state index in [1.807, 2.05) is 0 Å². The Hall–Kier alpha value is -3.74. The van der Waals surface area contributed by atoms with Crippen LogP contribution in [0.3, 0.4) is 0 Å². The molecule has 1 heterocycles. The van der Waals surface area contributed by atoms with Gasteiger partial charge in [-0.1, -0.05) is 30.3 Å². The fourth-order valence-corrected chi connectivity index (χ4v) is 2.71. The van der Waals surface area contributed by atoms with Gasteiger partial charge in [0.25, 0.3) is 5.56 Å². The minimum atomic E-state index is -1.07. The Kier molecular flexibility index (Phi) is 5.12. The van der Waals surface area contributed by atoms with E-state index in [9.17, 15) is 19.5 Å². The van der Waals surface area contributed by atoms with Gasteiger partial charge in [0.15, 0.2) is 0 Å². The third-order valence-corrected chi connectivity index (χ3v) is 3.92. The van der Waals surface area contributed by atoms with Crippen molar-refractivity contribution in [2.24, 2.45) is 0 Å². The normalized spacial score (nSPS) is 10.4. The van der Waals surface area contributed by atoms with Crippen molar-refractivity contribution >= 4 is 17.6 Å². The second-order valence-corrected chi connectivity index (χ2v) is 5.98. The molecule has 0 aliphatic heterocycles. The summed E-state index contributed by atoms with van der Waals surface area (Å²) in [6.45, 7) is 1.70. The molecule has 3 rings (SSSR count). The van der Waals surface area contributed by atoms with Gasteiger partial charge in [-0.05, 0) is 30.7 Å². The summed E-state index contributed by atoms with van der Waals surface area (Å²) >= 11 is 0. The van der Waals surface area contributed by atoms with Crippen LogP contribution in [-0.4, -0.2) is 27.0 Å². The Labute approximate surface area is 154 Å². The molecule has 27 heavy (non-hydrogen) atoms. The Balaban J connectivity index is 1.72. The van der Waals surface area contributed by atoms with E-state index < -0.39 is 5.97 Å². The Morgan fingerprint density at radius 1 is 1.11 bits per heavy atom. The topological polar surface area (TPSA) is 112 Å². The smallest absolute Gasteiger partial charge is 0.335 e. The van der Waals surface area contributed by atoms with Crippen LogP contribution in [0, 0.1) is 6.92 Å². The predicted octanol–water partition coefficient (Wildman–Crippen LogP) is 2.62. The zero-order valence-electron chi connectivity index (χ0n) is 14.5. The van der Waals surface area contributed by atoms with Gasteiger partial charge in [-0.25, -0.2) is 9.78 Å². The molecule has 1 aromatic heterocycles. The fourth-order valence-electron chi connectivity index (χ4n) is 2.71. The molecule has 3 N–H and O–H groups in total. The summed E-state index contributed by atoms with van der Waals surface area (Å²) in [4.78, 5) is 41.9. The molecule has 0 unspecified atom stereocenters. The highest BCUT2D eigenvalue weighted by Crippen LogP contribution is 2.19. The molecule has 1 amide bonds. The van der Waals surface area contributed by atoms with Gasteiger partial charge in [0.2, 0.25) is 5.91 Å². The van der Waals surface area contributed by atoms with Gasteiger partial charge in [-0.15, -0.1) is 0 Å². The van der Waals surface area contributed by atoms with Crippen molar-refractivity contribution in [3.05, 3.63) is 81.9 Å². The second-order valence-electron chi connectivity index (χ2n) is 5.98. The molecule has 0 atom stereocenters. The number of H-pyrrole nitrogens is 1. The summed E-state index contributed by atoms with van der Waals surface area (Å²) in [5.74, 6) is -0.864. The van der Waals surface area contributed by atoms with Crippen molar-refractivity contribution in [1.82, 2.24) is 9.97 Å². The first-order valence-electron chi connectivity index (χ1n) is 8.22. The maximum absolute atomic E-state index is 12.2. The van der Waals surface area contributed by atoms with Crippen molar-refractivity contribution in [3.8, 4) is 11.3 Å². The summed E-state index contributed by atoms with van der Waals surface area (Å²) < 4.78 is 0. The van der Waals surface area contributed by atoms with Crippen LogP contribution in [0.2, 0.25) is 0 Å². The number of aromatic carboxylic acids is 1. The molecule has 0 aliphatic rings. The minimum absolute atomic E-state index is 0.0426. The van der Waals surface area contributed by atoms with Crippen LogP contribution >= 0.6 is 0 Å². The van der Waals surface area contributed by atoms with Crippen LogP contribution in [0.1, 0.15) is 21.7 Å². The number of carbonyl (C=O) groups excluding carboxylic acids is 1. The highest BCUT2D eigenvalue weighted by atomic mass is 16.4. The lowest BCUT2D eigenvalue weighted by molar-refractivity contribution is -0.115. The van der Waals surface area contributed by atoms with E-state index in [1.165, 1.54) is 12.1 Å². The molecule has 2 aromatic carbocycles. The van der Waals surface area contributed by atoms with Gasteiger partial charge in [0, 0.05) is 17.3 Å². The number of benzene rings is 2. The molecular formula is C20H17N3O4. The second kappa shape index (κ2) is 7.65. The van der Waals surface area contributed by atoms with Crippen LogP contribution < -0.4 is 10.9 Å². The number of carboxylic acid groups (broad SMARTS) is 1. The molecule has 0 fully saturated rings. The average Bonchev–Trinajstić information content (AvgIpc) is 2.61. The molecule has 0 bridgehead atoms. The number of carbonyl (C=O) groups is 2. The Morgan fingerprint density at radius 3 is 2.48 bits per heavy atom. The molecule has 0 saturated heterocycles. The molecule has 3 aromatic rings. The summed E-state index contributed by atoms with van der Waals surface area (Å²) in [6, 6.07) is 14.7. The van der Waals surface area contributed by atoms with E-state index in [2.05, 4.69) is 15.3 Å². The number of aromatic amines is 1. The quantitative estimate of drug-likeness (QED) is 0.645. The summed E-state index contributed by atoms with van der Waals surface area (Å²) in [6.07, 6.45) is -0.0426. The van der Waals surface area contributed by atoms with E-state index in [0.29, 0.717) is 22.8 Å². The van der Waals surface area contributed by atoms with Crippen molar-refractivity contribution in [2.75, 3.05) is 5.32 Å². The standard InChI is InChI=1S/C20H17N3O4/c1-12-21-17(11-19(25)22-12)13-6-8-15(9-7-13)23-18(24)10-14-4-2-3-5-16(14)20(26)27/h2-9,11H,10H2,1H3,(H,23,24)(H,26,27)(H,21,22,25). The number of rotatable bonds is 5. The average molecular weight is 363 g/mol. The number of hydrogen-bond donors (Lipinski definition) is 3. The van der Waals surface area contributed by atoms with Gasteiger partial charge in [-0.3, -0.25) is 9.59 Å². The van der Waals surface area contributed by atoms with Gasteiger partial charge in [0.1, 0.15) is 5.82 Å². The lowest BCUT2D eigenvalue weighted by atomic mass is 10.0. The van der Waals surface area contributed by atoms with Gasteiger partial charge >= 0.3 is 5.97 Å². The SMILES string of the molecule is Cc1nc(-c2ccc(NC(=O)Cc3ccccc3C(=O)O)cc2)cc(=O)[nH]1. The summed E-state index contributed by atoms with van der Waals surface area (Å²) in [5.41, 5.74) is 2.19. The maximum atomic E-state index is 12.2. The van der Waals surface area contributed by atoms with Gasteiger partial charge in [0.05, 0.1) is 17.7 Å². The molecule has 136 valence electrons. The van der Waals surface area contributed by atoms with E-state index in [0.717, 1.165) is 5.56 Å². The molecule has 0 aliphatic carbocycles. The lowest BCUT2D eigenvalue weighted by Crippen LogP contribution is -2.16. The number of nitrogens with zero attached hydrogens (tertiary/aromatic N) is 1. The number of anilines is 1. The largest absolute Gasteiger partial charge is 0.478 e. The fraction of sp³-hybridized carbons (Fsp3) is 0.100. The molecular weight excluding hydrogens is 346 g/mol. The first-order chi connectivity index (χ1) is 12.9. The summed E-state index contributed by atoms with van der Waals surface area (Å²) in [7, 11) is 0. The molecule has 0 saturated carbocycles. The van der Waals surface area contributed by atoms with Gasteiger partial charge < -0.3 is 15.4 Å². The number of carboxylic acids is 1. The van der Waals surface area contributed by atoms with Crippen molar-refractivity contribution in [3.63, 3.8) is 0 Å². The van der Waals surface area contributed by atoms with E-state index in [4.69, 9.17) is 0 Å². The first-order valence-corrected chi connectivity index (χ1v) is 8.22. The minimum Gasteiger partial charge on any atom is -0.478 e. The highest BCUT2D eigenvalue weighted by molar-refractivity contribution is 5.96.